The fourth-order valence-electron chi connectivity index (χ4n) is 1.32. The third kappa shape index (κ3) is 2.72. The first-order valence-corrected chi connectivity index (χ1v) is 4.90. The number of aliphatic imine (C=N–C) groups is 1. The second-order valence-corrected chi connectivity index (χ2v) is 3.38. The van der Waals surface area contributed by atoms with E-state index in [-0.39, 0.29) is 5.56 Å². The van der Waals surface area contributed by atoms with Crippen LogP contribution in [-0.4, -0.2) is 6.21 Å². The Bertz CT molecular complexity index is 564. The van der Waals surface area contributed by atoms with Crippen LogP contribution in [-0.2, 0) is 0 Å². The molecule has 0 N–H and O–H groups in total. The van der Waals surface area contributed by atoms with E-state index in [2.05, 4.69) is 4.99 Å². The van der Waals surface area contributed by atoms with Crippen molar-refractivity contribution in [1.29, 1.82) is 0 Å². The molecule has 0 atom stereocenters. The molecular weight excluding hydrogens is 227 g/mol. The van der Waals surface area contributed by atoms with Gasteiger partial charge >= 0.3 is 0 Å². The zero-order chi connectivity index (χ0) is 12.3. The Labute approximate surface area is 96.2 Å². The Balaban J connectivity index is 2.29. The van der Waals surface area contributed by atoms with Gasteiger partial charge in [-0.15, -0.1) is 0 Å². The molecule has 0 saturated heterocycles. The number of halogens is 3. The van der Waals surface area contributed by atoms with Crippen LogP contribution in [0.2, 0.25) is 0 Å². The maximum Gasteiger partial charge on any atom is 0.167 e. The minimum atomic E-state index is -0.965. The van der Waals surface area contributed by atoms with E-state index in [1.807, 2.05) is 0 Å². The Morgan fingerprint density at radius 2 is 1.71 bits per heavy atom. The molecule has 0 spiro atoms. The van der Waals surface area contributed by atoms with E-state index in [1.54, 1.807) is 6.07 Å². The van der Waals surface area contributed by atoms with Crippen molar-refractivity contribution in [3.05, 3.63) is 65.5 Å². The summed E-state index contributed by atoms with van der Waals surface area (Å²) in [4.78, 5) is 3.87. The van der Waals surface area contributed by atoms with Gasteiger partial charge in [0.25, 0.3) is 0 Å². The minimum Gasteiger partial charge on any atom is -0.256 e. The predicted molar refractivity (Wildman–Crippen MR) is 60.0 cm³/mol. The van der Waals surface area contributed by atoms with Crippen LogP contribution in [0.1, 0.15) is 5.56 Å². The highest BCUT2D eigenvalue weighted by atomic mass is 19.2. The van der Waals surface area contributed by atoms with Gasteiger partial charge in [-0.25, -0.2) is 13.2 Å². The van der Waals surface area contributed by atoms with Crippen LogP contribution in [0.3, 0.4) is 0 Å². The van der Waals surface area contributed by atoms with Gasteiger partial charge < -0.3 is 0 Å². The predicted octanol–water partition coefficient (Wildman–Crippen LogP) is 3.85. The monoisotopic (exact) mass is 235 g/mol. The molecule has 86 valence electrons. The fraction of sp³-hybridized carbons (Fsp3) is 0. The average Bonchev–Trinajstić information content (AvgIpc) is 2.31. The summed E-state index contributed by atoms with van der Waals surface area (Å²) in [7, 11) is 0. The largest absolute Gasteiger partial charge is 0.256 e. The van der Waals surface area contributed by atoms with E-state index >= 15 is 0 Å². The molecule has 0 amide bonds. The van der Waals surface area contributed by atoms with Crippen LogP contribution >= 0.6 is 0 Å². The fourth-order valence-corrected chi connectivity index (χ4v) is 1.32. The molecule has 0 heterocycles. The molecule has 0 fully saturated rings. The number of benzene rings is 2. The van der Waals surface area contributed by atoms with Gasteiger partial charge in [0, 0.05) is 11.8 Å². The summed E-state index contributed by atoms with van der Waals surface area (Å²) in [6.45, 7) is 0. The maximum atomic E-state index is 13.2. The van der Waals surface area contributed by atoms with Crippen molar-refractivity contribution >= 4 is 11.9 Å². The molecule has 0 aliphatic rings. The molecule has 2 aromatic rings. The van der Waals surface area contributed by atoms with Crippen molar-refractivity contribution in [2.24, 2.45) is 4.99 Å². The minimum absolute atomic E-state index is 0.0225. The highest BCUT2D eigenvalue weighted by Crippen LogP contribution is 2.14. The highest BCUT2D eigenvalue weighted by Gasteiger charge is 2.04. The third-order valence-corrected chi connectivity index (χ3v) is 2.14. The van der Waals surface area contributed by atoms with Crippen molar-refractivity contribution in [3.63, 3.8) is 0 Å². The Morgan fingerprint density at radius 3 is 2.47 bits per heavy atom. The van der Waals surface area contributed by atoms with Gasteiger partial charge in [-0.3, -0.25) is 4.99 Å². The summed E-state index contributed by atoms with van der Waals surface area (Å²) in [6.07, 6.45) is 1.16. The van der Waals surface area contributed by atoms with Crippen LogP contribution in [0.4, 0.5) is 18.9 Å². The van der Waals surface area contributed by atoms with E-state index in [0.29, 0.717) is 5.69 Å². The van der Waals surface area contributed by atoms with Crippen LogP contribution in [0.5, 0.6) is 0 Å². The SMILES string of the molecule is Fc1cccc(/N=C/c2cccc(F)c2F)c1. The molecule has 0 aliphatic heterocycles. The quantitative estimate of drug-likeness (QED) is 0.701. The second kappa shape index (κ2) is 4.82. The topological polar surface area (TPSA) is 12.4 Å². The van der Waals surface area contributed by atoms with E-state index < -0.39 is 17.5 Å². The summed E-state index contributed by atoms with van der Waals surface area (Å²) in [5, 5.41) is 0. The second-order valence-electron chi connectivity index (χ2n) is 3.38. The zero-order valence-electron chi connectivity index (χ0n) is 8.70. The zero-order valence-corrected chi connectivity index (χ0v) is 8.70. The molecule has 2 rings (SSSR count). The van der Waals surface area contributed by atoms with Crippen molar-refractivity contribution in [1.82, 2.24) is 0 Å². The highest BCUT2D eigenvalue weighted by molar-refractivity contribution is 5.82. The average molecular weight is 235 g/mol. The van der Waals surface area contributed by atoms with Crippen LogP contribution in [0.25, 0.3) is 0 Å². The van der Waals surface area contributed by atoms with Crippen LogP contribution in [0.15, 0.2) is 47.5 Å². The van der Waals surface area contributed by atoms with Gasteiger partial charge in [-0.05, 0) is 24.3 Å². The van der Waals surface area contributed by atoms with E-state index in [9.17, 15) is 13.2 Å². The van der Waals surface area contributed by atoms with Crippen molar-refractivity contribution in [2.75, 3.05) is 0 Å². The summed E-state index contributed by atoms with van der Waals surface area (Å²) in [6, 6.07) is 9.33. The first kappa shape index (κ1) is 11.4. The molecule has 4 heteroatoms. The summed E-state index contributed by atoms with van der Waals surface area (Å²) in [5.41, 5.74) is 0.364. The molecule has 0 saturated carbocycles. The van der Waals surface area contributed by atoms with E-state index in [0.717, 1.165) is 12.3 Å². The van der Waals surface area contributed by atoms with Gasteiger partial charge in [-0.2, -0.15) is 0 Å². The molecule has 0 bridgehead atoms. The summed E-state index contributed by atoms with van der Waals surface area (Å²) >= 11 is 0. The lowest BCUT2D eigenvalue weighted by Gasteiger charge is -1.97. The first-order chi connectivity index (χ1) is 8.16. The Hall–Kier alpha value is -2.10. The smallest absolute Gasteiger partial charge is 0.167 e. The molecule has 0 unspecified atom stereocenters. The maximum absolute atomic E-state index is 13.2. The molecule has 17 heavy (non-hydrogen) atoms. The lowest BCUT2D eigenvalue weighted by atomic mass is 10.2. The van der Waals surface area contributed by atoms with E-state index in [4.69, 9.17) is 0 Å². The number of nitrogens with zero attached hydrogens (tertiary/aromatic N) is 1. The lowest BCUT2D eigenvalue weighted by Crippen LogP contribution is -1.91. The molecule has 0 radical (unpaired) electrons. The molecule has 2 aromatic carbocycles. The molecule has 0 aliphatic carbocycles. The molecule has 1 nitrogen and oxygen atoms in total. The van der Waals surface area contributed by atoms with Gasteiger partial charge in [-0.1, -0.05) is 18.2 Å². The summed E-state index contributed by atoms with van der Waals surface area (Å²) in [5.74, 6) is -2.33. The van der Waals surface area contributed by atoms with Crippen molar-refractivity contribution < 1.29 is 13.2 Å². The van der Waals surface area contributed by atoms with Gasteiger partial charge in [0.2, 0.25) is 0 Å². The van der Waals surface area contributed by atoms with Gasteiger partial charge in [0.15, 0.2) is 11.6 Å². The lowest BCUT2D eigenvalue weighted by molar-refractivity contribution is 0.507. The standard InChI is InChI=1S/C13H8F3N/c14-10-4-2-5-11(7-10)17-8-9-3-1-6-12(15)13(9)16/h1-8H/b17-8+. The summed E-state index contributed by atoms with van der Waals surface area (Å²) < 4.78 is 38.9. The number of hydrogen-bond donors (Lipinski definition) is 0. The van der Waals surface area contributed by atoms with E-state index in [1.165, 1.54) is 30.3 Å². The first-order valence-electron chi connectivity index (χ1n) is 4.90. The number of rotatable bonds is 2. The third-order valence-electron chi connectivity index (χ3n) is 2.14. The number of hydrogen-bond acceptors (Lipinski definition) is 1. The Kier molecular flexibility index (Phi) is 3.23. The van der Waals surface area contributed by atoms with Crippen LogP contribution < -0.4 is 0 Å². The Morgan fingerprint density at radius 1 is 0.941 bits per heavy atom. The molecular formula is C13H8F3N. The van der Waals surface area contributed by atoms with Crippen molar-refractivity contribution in [2.45, 2.75) is 0 Å². The van der Waals surface area contributed by atoms with Crippen molar-refractivity contribution in [3.8, 4) is 0 Å². The van der Waals surface area contributed by atoms with Crippen LogP contribution in [0, 0.1) is 17.5 Å². The normalized spacial score (nSPS) is 11.0. The van der Waals surface area contributed by atoms with Gasteiger partial charge in [0.1, 0.15) is 5.82 Å². The molecule has 0 aromatic heterocycles. The van der Waals surface area contributed by atoms with Gasteiger partial charge in [0.05, 0.1) is 5.69 Å².